The topological polar surface area (TPSA) is 113 Å². The van der Waals surface area contributed by atoms with Gasteiger partial charge in [-0.05, 0) is 12.1 Å². The second-order valence-electron chi connectivity index (χ2n) is 4.33. The Morgan fingerprint density at radius 2 is 2.24 bits per heavy atom. The van der Waals surface area contributed by atoms with Crippen LogP contribution in [0.3, 0.4) is 0 Å². The molecule has 0 aromatic heterocycles. The highest BCUT2D eigenvalue weighted by atomic mass is 32.2. The number of carbonyl (C=O) groups excluding carboxylic acids is 1. The van der Waals surface area contributed by atoms with Gasteiger partial charge >= 0.3 is 0 Å². The van der Waals surface area contributed by atoms with E-state index >= 15 is 0 Å². The van der Waals surface area contributed by atoms with E-state index in [2.05, 4.69) is 0 Å². The Balaban J connectivity index is 2.54. The molecule has 0 spiro atoms. The minimum atomic E-state index is -4.23. The van der Waals surface area contributed by atoms with E-state index in [1.54, 1.807) is 0 Å². The first-order chi connectivity index (χ1) is 9.89. The molecule has 1 heterocycles. The quantitative estimate of drug-likeness (QED) is 0.813. The molecule has 9 heteroatoms. The summed E-state index contributed by atoms with van der Waals surface area (Å²) < 4.78 is 44.6. The molecule has 1 amide bonds. The molecule has 0 saturated carbocycles. The molecule has 1 aliphatic rings. The number of nitriles is 1. The fourth-order valence-corrected chi connectivity index (χ4v) is 3.77. The molecular weight excluding hydrogens is 301 g/mol. The number of carbonyl (C=O) groups is 1. The van der Waals surface area contributed by atoms with Crippen LogP contribution in [0.1, 0.15) is 5.56 Å². The predicted molar refractivity (Wildman–Crippen MR) is 68.8 cm³/mol. The summed E-state index contributed by atoms with van der Waals surface area (Å²) in [5.74, 6) is -1.81. The number of benzene rings is 1. The molecule has 2 N–H and O–H groups in total. The summed E-state index contributed by atoms with van der Waals surface area (Å²) in [5.41, 5.74) is 4.58. The summed E-state index contributed by atoms with van der Waals surface area (Å²) >= 11 is 0. The highest BCUT2D eigenvalue weighted by Crippen LogP contribution is 2.24. The fraction of sp³-hybridized carbons (Fsp3) is 0.333. The van der Waals surface area contributed by atoms with Crippen molar-refractivity contribution in [1.29, 1.82) is 5.26 Å². The molecule has 2 rings (SSSR count). The number of nitrogens with two attached hydrogens (primary N) is 1. The van der Waals surface area contributed by atoms with Gasteiger partial charge in [0.25, 0.3) is 0 Å². The van der Waals surface area contributed by atoms with E-state index in [4.69, 9.17) is 15.7 Å². The van der Waals surface area contributed by atoms with Crippen molar-refractivity contribution in [1.82, 2.24) is 4.31 Å². The van der Waals surface area contributed by atoms with Gasteiger partial charge in [0, 0.05) is 6.54 Å². The Hall–Kier alpha value is -2.02. The van der Waals surface area contributed by atoms with Crippen molar-refractivity contribution < 1.29 is 22.3 Å². The SMILES string of the molecule is N#Cc1c(F)cccc1S(=O)(=O)N1CCOCC1C(N)=O. The van der Waals surface area contributed by atoms with E-state index in [1.807, 2.05) is 0 Å². The average molecular weight is 313 g/mol. The largest absolute Gasteiger partial charge is 0.378 e. The minimum absolute atomic E-state index is 0.0835. The molecule has 0 bridgehead atoms. The molecule has 21 heavy (non-hydrogen) atoms. The lowest BCUT2D eigenvalue weighted by molar-refractivity contribution is -0.125. The van der Waals surface area contributed by atoms with Gasteiger partial charge in [-0.2, -0.15) is 9.57 Å². The molecule has 112 valence electrons. The standard InChI is InChI=1S/C12H12FN3O4S/c13-9-2-1-3-11(8(9)6-14)21(18,19)16-4-5-20-7-10(16)12(15)17/h1-3,10H,4-5,7H2,(H2,15,17). The third kappa shape index (κ3) is 2.73. The molecule has 1 fully saturated rings. The maximum absolute atomic E-state index is 13.6. The van der Waals surface area contributed by atoms with Crippen LogP contribution in [-0.2, 0) is 19.6 Å². The molecule has 1 aromatic rings. The second kappa shape index (κ2) is 5.77. The van der Waals surface area contributed by atoms with Crippen LogP contribution < -0.4 is 5.73 Å². The fourth-order valence-electron chi connectivity index (χ4n) is 2.05. The first-order valence-electron chi connectivity index (χ1n) is 5.97. The van der Waals surface area contributed by atoms with Crippen molar-refractivity contribution in [2.75, 3.05) is 19.8 Å². The molecule has 7 nitrogen and oxygen atoms in total. The number of hydrogen-bond acceptors (Lipinski definition) is 5. The van der Waals surface area contributed by atoms with Crippen molar-refractivity contribution in [3.05, 3.63) is 29.6 Å². The Morgan fingerprint density at radius 1 is 1.52 bits per heavy atom. The van der Waals surface area contributed by atoms with Crippen LogP contribution in [0.25, 0.3) is 0 Å². The number of morpholine rings is 1. The zero-order valence-electron chi connectivity index (χ0n) is 10.8. The maximum atomic E-state index is 13.6. The van der Waals surface area contributed by atoms with Crippen LogP contribution in [0, 0.1) is 17.1 Å². The van der Waals surface area contributed by atoms with Crippen LogP contribution >= 0.6 is 0 Å². The van der Waals surface area contributed by atoms with Gasteiger partial charge in [-0.3, -0.25) is 4.79 Å². The van der Waals surface area contributed by atoms with Crippen LogP contribution in [0.2, 0.25) is 0 Å². The maximum Gasteiger partial charge on any atom is 0.245 e. The average Bonchev–Trinajstić information content (AvgIpc) is 2.46. The summed E-state index contributed by atoms with van der Waals surface area (Å²) in [6, 6.07) is 3.63. The van der Waals surface area contributed by atoms with Crippen LogP contribution in [-0.4, -0.2) is 44.4 Å². The summed E-state index contributed by atoms with van der Waals surface area (Å²) in [6.07, 6.45) is 0. The van der Waals surface area contributed by atoms with Crippen molar-refractivity contribution in [2.24, 2.45) is 5.73 Å². The Kier molecular flexibility index (Phi) is 4.22. The van der Waals surface area contributed by atoms with Gasteiger partial charge in [-0.25, -0.2) is 12.8 Å². The lowest BCUT2D eigenvalue weighted by Gasteiger charge is -2.32. The second-order valence-corrected chi connectivity index (χ2v) is 6.19. The van der Waals surface area contributed by atoms with Crippen molar-refractivity contribution >= 4 is 15.9 Å². The number of amides is 1. The summed E-state index contributed by atoms with van der Waals surface area (Å²) in [6.45, 7) is -0.191. The summed E-state index contributed by atoms with van der Waals surface area (Å²) in [5, 5.41) is 8.95. The molecular formula is C12H12FN3O4S. The van der Waals surface area contributed by atoms with Gasteiger partial charge in [0.15, 0.2) is 0 Å². The molecule has 1 aliphatic heterocycles. The predicted octanol–water partition coefficient (Wildman–Crippen LogP) is -0.428. The first-order valence-corrected chi connectivity index (χ1v) is 7.41. The van der Waals surface area contributed by atoms with Gasteiger partial charge in [0.2, 0.25) is 15.9 Å². The lowest BCUT2D eigenvalue weighted by atomic mass is 10.2. The van der Waals surface area contributed by atoms with E-state index < -0.39 is 38.2 Å². The Bertz CT molecular complexity index is 714. The Morgan fingerprint density at radius 3 is 2.86 bits per heavy atom. The number of nitrogens with zero attached hydrogens (tertiary/aromatic N) is 2. The third-order valence-corrected chi connectivity index (χ3v) is 5.03. The number of halogens is 1. The van der Waals surface area contributed by atoms with Crippen LogP contribution in [0.4, 0.5) is 4.39 Å². The van der Waals surface area contributed by atoms with E-state index in [0.29, 0.717) is 0 Å². The number of rotatable bonds is 3. The molecule has 0 radical (unpaired) electrons. The number of hydrogen-bond donors (Lipinski definition) is 1. The zero-order valence-corrected chi connectivity index (χ0v) is 11.6. The zero-order chi connectivity index (χ0) is 15.6. The molecule has 1 aromatic carbocycles. The van der Waals surface area contributed by atoms with Crippen molar-refractivity contribution in [3.63, 3.8) is 0 Å². The summed E-state index contributed by atoms with van der Waals surface area (Å²) in [4.78, 5) is 10.9. The van der Waals surface area contributed by atoms with Crippen molar-refractivity contribution in [3.8, 4) is 6.07 Å². The third-order valence-electron chi connectivity index (χ3n) is 3.08. The van der Waals surface area contributed by atoms with Gasteiger partial charge in [-0.15, -0.1) is 0 Å². The smallest absolute Gasteiger partial charge is 0.245 e. The highest BCUT2D eigenvalue weighted by molar-refractivity contribution is 7.89. The van der Waals surface area contributed by atoms with Crippen LogP contribution in [0.5, 0.6) is 0 Å². The van der Waals surface area contributed by atoms with Crippen LogP contribution in [0.15, 0.2) is 23.1 Å². The van der Waals surface area contributed by atoms with E-state index in [9.17, 15) is 17.6 Å². The first kappa shape index (κ1) is 15.4. The van der Waals surface area contributed by atoms with Crippen molar-refractivity contribution in [2.45, 2.75) is 10.9 Å². The van der Waals surface area contributed by atoms with Gasteiger partial charge in [-0.1, -0.05) is 6.07 Å². The minimum Gasteiger partial charge on any atom is -0.378 e. The highest BCUT2D eigenvalue weighted by Gasteiger charge is 2.38. The Labute approximate surface area is 120 Å². The van der Waals surface area contributed by atoms with E-state index in [1.165, 1.54) is 12.1 Å². The number of ether oxygens (including phenoxy) is 1. The van der Waals surface area contributed by atoms with Gasteiger partial charge in [0.1, 0.15) is 28.4 Å². The van der Waals surface area contributed by atoms with E-state index in [0.717, 1.165) is 16.4 Å². The number of sulfonamides is 1. The van der Waals surface area contributed by atoms with E-state index in [-0.39, 0.29) is 19.8 Å². The lowest BCUT2D eigenvalue weighted by Crippen LogP contribution is -2.54. The number of primary amides is 1. The van der Waals surface area contributed by atoms with Gasteiger partial charge in [0.05, 0.1) is 13.2 Å². The molecule has 1 saturated heterocycles. The monoisotopic (exact) mass is 313 g/mol. The normalized spacial score (nSPS) is 19.9. The molecule has 1 atom stereocenters. The van der Waals surface area contributed by atoms with Gasteiger partial charge < -0.3 is 10.5 Å². The molecule has 0 aliphatic carbocycles. The molecule has 1 unspecified atom stereocenters. The summed E-state index contributed by atoms with van der Waals surface area (Å²) in [7, 11) is -4.23.